The Hall–Kier alpha value is -2.42. The van der Waals surface area contributed by atoms with Gasteiger partial charge in [0.1, 0.15) is 17.3 Å². The van der Waals surface area contributed by atoms with Gasteiger partial charge < -0.3 is 4.57 Å². The molecule has 0 bridgehead atoms. The maximum absolute atomic E-state index is 13.4. The van der Waals surface area contributed by atoms with E-state index in [1.165, 1.54) is 23.8 Å². The highest BCUT2D eigenvalue weighted by Crippen LogP contribution is 2.32. The van der Waals surface area contributed by atoms with Crippen LogP contribution in [0.1, 0.15) is 16.1 Å². The fourth-order valence-corrected chi connectivity index (χ4v) is 4.20. The average molecular weight is 442 g/mol. The number of halogens is 3. The molecule has 1 aromatic heterocycles. The molecule has 0 spiro atoms. The molecule has 28 heavy (non-hydrogen) atoms. The Kier molecular flexibility index (Phi) is 5.47. The largest absolute Gasteiger partial charge is 0.333 e. The zero-order valence-electron chi connectivity index (χ0n) is 14.7. The van der Waals surface area contributed by atoms with Crippen molar-refractivity contribution in [1.82, 2.24) is 14.3 Å². The molecule has 1 amide bonds. The van der Waals surface area contributed by atoms with Crippen molar-refractivity contribution >= 4 is 39.1 Å². The second-order valence-corrected chi connectivity index (χ2v) is 8.44. The molecule has 3 rings (SSSR count). The van der Waals surface area contributed by atoms with Crippen LogP contribution in [0.2, 0.25) is 10.0 Å². The number of rotatable bonds is 4. The Balaban J connectivity index is 1.94. The molecule has 0 aliphatic carbocycles. The number of amides is 1. The number of aromatic nitrogens is 2. The first-order valence-electron chi connectivity index (χ1n) is 7.91. The summed E-state index contributed by atoms with van der Waals surface area (Å²) in [5, 5.41) is 0.574. The van der Waals surface area contributed by atoms with Crippen LogP contribution >= 0.6 is 23.2 Å². The van der Waals surface area contributed by atoms with E-state index in [1.54, 1.807) is 25.2 Å². The SMILES string of the molecule is Cc1ccc(F)cc1S(=O)(=O)NC(=O)c1cn(C)c(-c2cccc(Cl)c2Cl)n1. The van der Waals surface area contributed by atoms with Gasteiger partial charge in [-0.2, -0.15) is 0 Å². The summed E-state index contributed by atoms with van der Waals surface area (Å²) in [6.07, 6.45) is 1.36. The van der Waals surface area contributed by atoms with E-state index < -0.39 is 21.7 Å². The predicted molar refractivity (Wildman–Crippen MR) is 104 cm³/mol. The van der Waals surface area contributed by atoms with Crippen LogP contribution < -0.4 is 4.72 Å². The molecule has 0 aliphatic heterocycles. The van der Waals surface area contributed by atoms with Gasteiger partial charge in [0.15, 0.2) is 0 Å². The molecule has 0 aliphatic rings. The maximum Gasteiger partial charge on any atom is 0.285 e. The molecule has 0 atom stereocenters. The summed E-state index contributed by atoms with van der Waals surface area (Å²) in [5.74, 6) is -1.35. The molecule has 3 aromatic rings. The molecule has 146 valence electrons. The average Bonchev–Trinajstić information content (AvgIpc) is 3.01. The lowest BCUT2D eigenvalue weighted by molar-refractivity contribution is 0.0977. The molecule has 1 heterocycles. The standard InChI is InChI=1S/C18H14Cl2FN3O3S/c1-10-6-7-11(21)8-15(10)28(26,27)23-18(25)14-9-24(2)17(22-14)12-4-3-5-13(19)16(12)20/h3-9H,1-2H3,(H,23,25). The van der Waals surface area contributed by atoms with Gasteiger partial charge in [-0.3, -0.25) is 4.79 Å². The van der Waals surface area contributed by atoms with Gasteiger partial charge in [0.25, 0.3) is 15.9 Å². The molecule has 6 nitrogen and oxygen atoms in total. The maximum atomic E-state index is 13.4. The fourth-order valence-electron chi connectivity index (χ4n) is 2.60. The predicted octanol–water partition coefficient (Wildman–Crippen LogP) is 3.96. The van der Waals surface area contributed by atoms with Crippen LogP contribution in [0.25, 0.3) is 11.4 Å². The smallest absolute Gasteiger partial charge is 0.285 e. The summed E-state index contributed by atoms with van der Waals surface area (Å²) in [6.45, 7) is 1.50. The van der Waals surface area contributed by atoms with E-state index in [0.29, 0.717) is 22.0 Å². The third-order valence-electron chi connectivity index (χ3n) is 3.97. The number of sulfonamides is 1. The first-order chi connectivity index (χ1) is 13.1. The first kappa shape index (κ1) is 20.3. The Bertz CT molecular complexity index is 1190. The van der Waals surface area contributed by atoms with Crippen molar-refractivity contribution in [2.45, 2.75) is 11.8 Å². The van der Waals surface area contributed by atoms with E-state index in [0.717, 1.165) is 12.1 Å². The minimum Gasteiger partial charge on any atom is -0.333 e. The van der Waals surface area contributed by atoms with Crippen LogP contribution in [0.15, 0.2) is 47.5 Å². The van der Waals surface area contributed by atoms with Gasteiger partial charge in [-0.25, -0.2) is 22.5 Å². The van der Waals surface area contributed by atoms with Crippen LogP contribution in [0.5, 0.6) is 0 Å². The Morgan fingerprint density at radius 1 is 1.21 bits per heavy atom. The van der Waals surface area contributed by atoms with Gasteiger partial charge in [0.2, 0.25) is 0 Å². The summed E-state index contributed by atoms with van der Waals surface area (Å²) in [6, 6.07) is 8.25. The van der Waals surface area contributed by atoms with E-state index in [4.69, 9.17) is 23.2 Å². The Morgan fingerprint density at radius 3 is 2.64 bits per heavy atom. The highest BCUT2D eigenvalue weighted by molar-refractivity contribution is 7.90. The van der Waals surface area contributed by atoms with E-state index in [-0.39, 0.29) is 15.6 Å². The van der Waals surface area contributed by atoms with Crippen molar-refractivity contribution in [1.29, 1.82) is 0 Å². The van der Waals surface area contributed by atoms with Crippen molar-refractivity contribution in [2.24, 2.45) is 7.05 Å². The summed E-state index contributed by atoms with van der Waals surface area (Å²) < 4.78 is 41.8. The van der Waals surface area contributed by atoms with Gasteiger partial charge in [-0.15, -0.1) is 0 Å². The van der Waals surface area contributed by atoms with Crippen molar-refractivity contribution < 1.29 is 17.6 Å². The molecule has 0 radical (unpaired) electrons. The summed E-state index contributed by atoms with van der Waals surface area (Å²) in [5.41, 5.74) is 0.639. The lowest BCUT2D eigenvalue weighted by Crippen LogP contribution is -2.31. The highest BCUT2D eigenvalue weighted by atomic mass is 35.5. The number of nitrogens with zero attached hydrogens (tertiary/aromatic N) is 2. The molecular formula is C18H14Cl2FN3O3S. The number of benzene rings is 2. The monoisotopic (exact) mass is 441 g/mol. The van der Waals surface area contributed by atoms with E-state index >= 15 is 0 Å². The van der Waals surface area contributed by atoms with Gasteiger partial charge in [0, 0.05) is 18.8 Å². The molecule has 0 fully saturated rings. The van der Waals surface area contributed by atoms with E-state index in [9.17, 15) is 17.6 Å². The first-order valence-corrected chi connectivity index (χ1v) is 10.1. The Labute approximate surface area is 171 Å². The molecule has 2 aromatic carbocycles. The molecular weight excluding hydrogens is 428 g/mol. The topological polar surface area (TPSA) is 81.1 Å². The van der Waals surface area contributed by atoms with Crippen LogP contribution in [-0.4, -0.2) is 23.9 Å². The minimum absolute atomic E-state index is 0.147. The third-order valence-corrected chi connectivity index (χ3v) is 6.26. The number of carbonyl (C=O) groups is 1. The van der Waals surface area contributed by atoms with Crippen LogP contribution in [0, 0.1) is 12.7 Å². The lowest BCUT2D eigenvalue weighted by Gasteiger charge is -2.08. The van der Waals surface area contributed by atoms with Crippen molar-refractivity contribution in [3.63, 3.8) is 0 Å². The van der Waals surface area contributed by atoms with E-state index in [1.807, 2.05) is 4.72 Å². The molecule has 1 N–H and O–H groups in total. The lowest BCUT2D eigenvalue weighted by atomic mass is 10.2. The summed E-state index contributed by atoms with van der Waals surface area (Å²) in [4.78, 5) is 16.3. The normalized spacial score (nSPS) is 11.5. The zero-order valence-corrected chi connectivity index (χ0v) is 17.0. The van der Waals surface area contributed by atoms with Gasteiger partial charge in [-0.1, -0.05) is 35.3 Å². The molecule has 0 saturated carbocycles. The van der Waals surface area contributed by atoms with Crippen LogP contribution in [0.4, 0.5) is 4.39 Å². The zero-order chi connectivity index (χ0) is 20.6. The second-order valence-electron chi connectivity index (χ2n) is 6.01. The van der Waals surface area contributed by atoms with Crippen molar-refractivity contribution in [2.75, 3.05) is 0 Å². The number of hydrogen-bond donors (Lipinski definition) is 1. The number of hydrogen-bond acceptors (Lipinski definition) is 4. The number of aryl methyl sites for hydroxylation is 2. The minimum atomic E-state index is -4.28. The van der Waals surface area contributed by atoms with Crippen molar-refractivity contribution in [3.8, 4) is 11.4 Å². The van der Waals surface area contributed by atoms with Crippen LogP contribution in [0.3, 0.4) is 0 Å². The molecule has 10 heteroatoms. The van der Waals surface area contributed by atoms with Crippen LogP contribution in [-0.2, 0) is 17.1 Å². The molecule has 0 saturated heterocycles. The van der Waals surface area contributed by atoms with Crippen molar-refractivity contribution in [3.05, 3.63) is 69.7 Å². The second kappa shape index (κ2) is 7.54. The third kappa shape index (κ3) is 3.89. The summed E-state index contributed by atoms with van der Waals surface area (Å²) >= 11 is 12.2. The fraction of sp³-hybridized carbons (Fsp3) is 0.111. The van der Waals surface area contributed by atoms with Gasteiger partial charge in [-0.05, 0) is 36.8 Å². The Morgan fingerprint density at radius 2 is 1.93 bits per heavy atom. The van der Waals surface area contributed by atoms with E-state index in [2.05, 4.69) is 4.98 Å². The number of imidazole rings is 1. The number of nitrogens with one attached hydrogen (secondary N) is 1. The van der Waals surface area contributed by atoms with Gasteiger partial charge in [0.05, 0.1) is 14.9 Å². The quantitative estimate of drug-likeness (QED) is 0.664. The summed E-state index contributed by atoms with van der Waals surface area (Å²) in [7, 11) is -2.65. The highest BCUT2D eigenvalue weighted by Gasteiger charge is 2.24. The van der Waals surface area contributed by atoms with Gasteiger partial charge >= 0.3 is 0 Å². The number of carbonyl (C=O) groups excluding carboxylic acids is 1. The molecule has 0 unspecified atom stereocenters.